The second-order valence-electron chi connectivity index (χ2n) is 8.79. The molecule has 4 rings (SSSR count). The van der Waals surface area contributed by atoms with E-state index in [4.69, 9.17) is 0 Å². The number of aryl methyl sites for hydroxylation is 1. The van der Waals surface area contributed by atoms with Gasteiger partial charge in [-0.15, -0.1) is 0 Å². The van der Waals surface area contributed by atoms with Crippen LogP contribution in [0.2, 0.25) is 0 Å². The summed E-state index contributed by atoms with van der Waals surface area (Å²) in [5, 5.41) is 3.04. The Balaban J connectivity index is 1.31. The first-order chi connectivity index (χ1) is 16.6. The van der Waals surface area contributed by atoms with E-state index >= 15 is 0 Å². The summed E-state index contributed by atoms with van der Waals surface area (Å²) in [5.41, 5.74) is 4.34. The topological polar surface area (TPSA) is 52.7 Å². The van der Waals surface area contributed by atoms with Gasteiger partial charge in [-0.1, -0.05) is 85.8 Å². The normalized spacial score (nSPS) is 14.2. The van der Waals surface area contributed by atoms with Crippen molar-refractivity contribution in [2.24, 2.45) is 0 Å². The van der Waals surface area contributed by atoms with Crippen molar-refractivity contribution in [3.05, 3.63) is 102 Å². The van der Waals surface area contributed by atoms with Gasteiger partial charge in [-0.3, -0.25) is 14.5 Å². The Morgan fingerprint density at radius 3 is 1.94 bits per heavy atom. The fourth-order valence-corrected chi connectivity index (χ4v) is 4.60. The second kappa shape index (κ2) is 11.6. The molecule has 176 valence electrons. The first-order valence-corrected chi connectivity index (χ1v) is 12.1. The van der Waals surface area contributed by atoms with Crippen LogP contribution in [0.1, 0.15) is 36.0 Å². The summed E-state index contributed by atoms with van der Waals surface area (Å²) in [5.74, 6) is 0.199. The van der Waals surface area contributed by atoms with Crippen LogP contribution in [0.5, 0.6) is 0 Å². The molecule has 1 aliphatic rings. The molecule has 3 aromatic rings. The third kappa shape index (κ3) is 6.12. The van der Waals surface area contributed by atoms with Crippen molar-refractivity contribution in [1.82, 2.24) is 9.80 Å². The van der Waals surface area contributed by atoms with Gasteiger partial charge in [0.2, 0.25) is 11.8 Å². The van der Waals surface area contributed by atoms with Crippen LogP contribution in [-0.4, -0.2) is 54.3 Å². The lowest BCUT2D eigenvalue weighted by molar-refractivity contribution is -0.133. The summed E-state index contributed by atoms with van der Waals surface area (Å²) in [4.78, 5) is 29.9. The van der Waals surface area contributed by atoms with Crippen LogP contribution in [0.25, 0.3) is 0 Å². The monoisotopic (exact) mass is 455 g/mol. The first-order valence-electron chi connectivity index (χ1n) is 12.1. The lowest BCUT2D eigenvalue weighted by Gasteiger charge is -2.35. The van der Waals surface area contributed by atoms with E-state index in [1.807, 2.05) is 65.6 Å². The summed E-state index contributed by atoms with van der Waals surface area (Å²) >= 11 is 0. The number of nitrogens with one attached hydrogen (secondary N) is 1. The number of nitrogens with zero attached hydrogens (tertiary/aromatic N) is 2. The van der Waals surface area contributed by atoms with Gasteiger partial charge in [-0.25, -0.2) is 0 Å². The summed E-state index contributed by atoms with van der Waals surface area (Å²) in [7, 11) is 0. The van der Waals surface area contributed by atoms with E-state index < -0.39 is 0 Å². The van der Waals surface area contributed by atoms with E-state index in [2.05, 4.69) is 41.4 Å². The Kier molecular flexibility index (Phi) is 8.10. The van der Waals surface area contributed by atoms with Crippen LogP contribution in [0, 0.1) is 0 Å². The third-order valence-corrected chi connectivity index (χ3v) is 6.55. The van der Waals surface area contributed by atoms with Crippen molar-refractivity contribution in [2.45, 2.75) is 25.7 Å². The highest BCUT2D eigenvalue weighted by Crippen LogP contribution is 2.28. The molecule has 5 nitrogen and oxygen atoms in total. The van der Waals surface area contributed by atoms with Crippen LogP contribution < -0.4 is 5.32 Å². The SMILES string of the molecule is CCc1ccccc1NC(=O)CN1CCN(C(=O)CC(c2ccccc2)c2ccccc2)CC1. The Labute approximate surface area is 202 Å². The van der Waals surface area contributed by atoms with E-state index in [1.54, 1.807) is 0 Å². The highest BCUT2D eigenvalue weighted by atomic mass is 16.2. The smallest absolute Gasteiger partial charge is 0.238 e. The third-order valence-electron chi connectivity index (χ3n) is 6.55. The molecule has 0 bridgehead atoms. The van der Waals surface area contributed by atoms with Gasteiger partial charge in [0.15, 0.2) is 0 Å². The molecular weight excluding hydrogens is 422 g/mol. The maximum absolute atomic E-state index is 13.2. The zero-order valence-electron chi connectivity index (χ0n) is 19.8. The lowest BCUT2D eigenvalue weighted by atomic mass is 9.88. The van der Waals surface area contributed by atoms with E-state index in [0.29, 0.717) is 39.1 Å². The van der Waals surface area contributed by atoms with Crippen LogP contribution in [0.3, 0.4) is 0 Å². The number of anilines is 1. The average Bonchev–Trinajstić information content (AvgIpc) is 2.89. The Hall–Kier alpha value is -3.44. The molecule has 0 saturated carbocycles. The second-order valence-corrected chi connectivity index (χ2v) is 8.79. The van der Waals surface area contributed by atoms with Crippen molar-refractivity contribution in [1.29, 1.82) is 0 Å². The number of hydrogen-bond acceptors (Lipinski definition) is 3. The number of rotatable bonds is 8. The summed E-state index contributed by atoms with van der Waals surface area (Å²) < 4.78 is 0. The standard InChI is InChI=1S/C29H33N3O2/c1-2-23-11-9-10-16-27(23)30-28(33)22-31-17-19-32(20-18-31)29(34)21-26(24-12-5-3-6-13-24)25-14-7-4-8-15-25/h3-16,26H,2,17-22H2,1H3,(H,30,33). The van der Waals surface area contributed by atoms with Crippen LogP contribution in [-0.2, 0) is 16.0 Å². The van der Waals surface area contributed by atoms with E-state index in [1.165, 1.54) is 0 Å². The molecule has 34 heavy (non-hydrogen) atoms. The van der Waals surface area contributed by atoms with Gasteiger partial charge in [-0.2, -0.15) is 0 Å². The Bertz CT molecular complexity index is 1040. The van der Waals surface area contributed by atoms with Crippen LogP contribution in [0.4, 0.5) is 5.69 Å². The molecule has 3 aromatic carbocycles. The largest absolute Gasteiger partial charge is 0.340 e. The van der Waals surface area contributed by atoms with Crippen molar-refractivity contribution in [2.75, 3.05) is 38.0 Å². The van der Waals surface area contributed by atoms with Crippen molar-refractivity contribution in [3.8, 4) is 0 Å². The van der Waals surface area contributed by atoms with E-state index in [9.17, 15) is 9.59 Å². The predicted octanol–water partition coefficient (Wildman–Crippen LogP) is 4.55. The molecule has 0 unspecified atom stereocenters. The minimum Gasteiger partial charge on any atom is -0.340 e. The molecule has 0 atom stereocenters. The van der Waals surface area contributed by atoms with Gasteiger partial charge in [0, 0.05) is 44.2 Å². The Morgan fingerprint density at radius 1 is 0.794 bits per heavy atom. The molecule has 1 aliphatic heterocycles. The molecule has 5 heteroatoms. The molecule has 0 aromatic heterocycles. The van der Waals surface area contributed by atoms with E-state index in [-0.39, 0.29) is 17.7 Å². The van der Waals surface area contributed by atoms with Gasteiger partial charge in [0.1, 0.15) is 0 Å². The zero-order valence-corrected chi connectivity index (χ0v) is 19.8. The zero-order chi connectivity index (χ0) is 23.8. The van der Waals surface area contributed by atoms with Gasteiger partial charge in [0.25, 0.3) is 0 Å². The maximum Gasteiger partial charge on any atom is 0.238 e. The highest BCUT2D eigenvalue weighted by Gasteiger charge is 2.26. The molecule has 0 spiro atoms. The number of benzene rings is 3. The summed E-state index contributed by atoms with van der Waals surface area (Å²) in [6.45, 7) is 5.13. The minimum atomic E-state index is -0.00565. The highest BCUT2D eigenvalue weighted by molar-refractivity contribution is 5.93. The lowest BCUT2D eigenvalue weighted by Crippen LogP contribution is -2.50. The number of carbonyl (C=O) groups is 2. The molecular formula is C29H33N3O2. The van der Waals surface area contributed by atoms with Crippen molar-refractivity contribution >= 4 is 17.5 Å². The van der Waals surface area contributed by atoms with Crippen LogP contribution >= 0.6 is 0 Å². The number of para-hydroxylation sites is 1. The fourth-order valence-electron chi connectivity index (χ4n) is 4.60. The molecule has 1 heterocycles. The summed E-state index contributed by atoms with van der Waals surface area (Å²) in [6.07, 6.45) is 1.33. The molecule has 1 fully saturated rings. The summed E-state index contributed by atoms with van der Waals surface area (Å²) in [6, 6.07) is 28.4. The van der Waals surface area contributed by atoms with E-state index in [0.717, 1.165) is 28.8 Å². The number of carbonyl (C=O) groups excluding carboxylic acids is 2. The fraction of sp³-hybridized carbons (Fsp3) is 0.310. The molecule has 1 saturated heterocycles. The van der Waals surface area contributed by atoms with Crippen molar-refractivity contribution in [3.63, 3.8) is 0 Å². The quantitative estimate of drug-likeness (QED) is 0.542. The first kappa shape index (κ1) is 23.7. The number of piperazine rings is 1. The maximum atomic E-state index is 13.2. The molecule has 1 N–H and O–H groups in total. The predicted molar refractivity (Wildman–Crippen MR) is 137 cm³/mol. The van der Waals surface area contributed by atoms with Gasteiger partial charge >= 0.3 is 0 Å². The Morgan fingerprint density at radius 2 is 1.35 bits per heavy atom. The number of hydrogen-bond donors (Lipinski definition) is 1. The van der Waals surface area contributed by atoms with Gasteiger partial charge in [-0.05, 0) is 29.2 Å². The molecule has 2 amide bonds. The minimum absolute atomic E-state index is 0.00565. The molecule has 0 aliphatic carbocycles. The average molecular weight is 456 g/mol. The van der Waals surface area contributed by atoms with Gasteiger partial charge in [0.05, 0.1) is 6.54 Å². The number of amides is 2. The molecule has 0 radical (unpaired) electrons. The van der Waals surface area contributed by atoms with Crippen molar-refractivity contribution < 1.29 is 9.59 Å². The van der Waals surface area contributed by atoms with Gasteiger partial charge < -0.3 is 10.2 Å². The van der Waals surface area contributed by atoms with Crippen LogP contribution in [0.15, 0.2) is 84.9 Å².